The maximum Gasteiger partial charge on any atom is 0.136 e. The summed E-state index contributed by atoms with van der Waals surface area (Å²) in [5.41, 5.74) is 0.982. The van der Waals surface area contributed by atoms with Crippen LogP contribution in [-0.4, -0.2) is 28.4 Å². The standard InChI is InChI=1S/C10H13ClN2OS/c1-7-9(11)12-6-13-10(7)15-8-2-4-14-5-3-8/h6,8H,2-5H2,1H3. The minimum Gasteiger partial charge on any atom is -0.381 e. The van der Waals surface area contributed by atoms with Gasteiger partial charge in [-0.2, -0.15) is 0 Å². The van der Waals surface area contributed by atoms with E-state index in [1.54, 1.807) is 11.8 Å². The van der Waals surface area contributed by atoms with Crippen LogP contribution in [0.1, 0.15) is 18.4 Å². The largest absolute Gasteiger partial charge is 0.381 e. The van der Waals surface area contributed by atoms with E-state index in [0.717, 1.165) is 36.6 Å². The van der Waals surface area contributed by atoms with Crippen molar-refractivity contribution < 1.29 is 4.74 Å². The number of halogens is 1. The van der Waals surface area contributed by atoms with Crippen LogP contribution in [0.3, 0.4) is 0 Å². The van der Waals surface area contributed by atoms with Crippen molar-refractivity contribution in [2.24, 2.45) is 0 Å². The van der Waals surface area contributed by atoms with Gasteiger partial charge in [-0.3, -0.25) is 0 Å². The van der Waals surface area contributed by atoms with Crippen LogP contribution in [0.25, 0.3) is 0 Å². The van der Waals surface area contributed by atoms with Gasteiger partial charge in [-0.1, -0.05) is 11.6 Å². The van der Waals surface area contributed by atoms with Crippen molar-refractivity contribution in [3.8, 4) is 0 Å². The zero-order valence-corrected chi connectivity index (χ0v) is 10.1. The molecule has 1 aromatic heterocycles. The summed E-state index contributed by atoms with van der Waals surface area (Å²) in [6.45, 7) is 3.68. The van der Waals surface area contributed by atoms with E-state index in [9.17, 15) is 0 Å². The van der Waals surface area contributed by atoms with E-state index in [0.29, 0.717) is 10.4 Å². The molecule has 0 bridgehead atoms. The predicted octanol–water partition coefficient (Wildman–Crippen LogP) is 2.71. The van der Waals surface area contributed by atoms with Crippen molar-refractivity contribution in [3.05, 3.63) is 17.0 Å². The van der Waals surface area contributed by atoms with Crippen LogP contribution in [0.15, 0.2) is 11.4 Å². The second kappa shape index (κ2) is 5.14. The number of hydrogen-bond donors (Lipinski definition) is 0. The van der Waals surface area contributed by atoms with Gasteiger partial charge in [-0.05, 0) is 19.8 Å². The lowest BCUT2D eigenvalue weighted by molar-refractivity contribution is 0.1000. The topological polar surface area (TPSA) is 35.0 Å². The van der Waals surface area contributed by atoms with Crippen LogP contribution >= 0.6 is 23.4 Å². The third-order valence-corrected chi connectivity index (χ3v) is 4.24. The van der Waals surface area contributed by atoms with E-state index in [2.05, 4.69) is 9.97 Å². The molecule has 82 valence electrons. The van der Waals surface area contributed by atoms with E-state index in [-0.39, 0.29) is 0 Å². The molecule has 0 saturated carbocycles. The number of aromatic nitrogens is 2. The first-order chi connectivity index (χ1) is 7.27. The molecule has 15 heavy (non-hydrogen) atoms. The minimum absolute atomic E-state index is 0.555. The van der Waals surface area contributed by atoms with E-state index in [1.165, 1.54) is 6.33 Å². The fourth-order valence-electron chi connectivity index (χ4n) is 1.48. The molecule has 5 heteroatoms. The van der Waals surface area contributed by atoms with Gasteiger partial charge < -0.3 is 4.74 Å². The van der Waals surface area contributed by atoms with Gasteiger partial charge in [0.25, 0.3) is 0 Å². The molecule has 0 radical (unpaired) electrons. The first kappa shape index (κ1) is 11.2. The van der Waals surface area contributed by atoms with E-state index >= 15 is 0 Å². The Morgan fingerprint density at radius 2 is 2.13 bits per heavy atom. The van der Waals surface area contributed by atoms with E-state index in [4.69, 9.17) is 16.3 Å². The quantitative estimate of drug-likeness (QED) is 0.750. The molecule has 0 atom stereocenters. The van der Waals surface area contributed by atoms with Crippen LogP contribution in [0.5, 0.6) is 0 Å². The number of nitrogens with zero attached hydrogens (tertiary/aromatic N) is 2. The highest BCUT2D eigenvalue weighted by Crippen LogP contribution is 2.31. The van der Waals surface area contributed by atoms with E-state index < -0.39 is 0 Å². The SMILES string of the molecule is Cc1c(Cl)ncnc1SC1CCOCC1. The monoisotopic (exact) mass is 244 g/mol. The summed E-state index contributed by atoms with van der Waals surface area (Å²) in [4.78, 5) is 8.21. The predicted molar refractivity (Wildman–Crippen MR) is 61.5 cm³/mol. The molecule has 0 unspecified atom stereocenters. The van der Waals surface area contributed by atoms with Crippen molar-refractivity contribution in [1.29, 1.82) is 0 Å². The summed E-state index contributed by atoms with van der Waals surface area (Å²) >= 11 is 7.73. The minimum atomic E-state index is 0.555. The van der Waals surface area contributed by atoms with Crippen LogP contribution in [0, 0.1) is 6.92 Å². The number of rotatable bonds is 2. The van der Waals surface area contributed by atoms with Crippen molar-refractivity contribution in [2.75, 3.05) is 13.2 Å². The second-order valence-corrected chi connectivity index (χ2v) is 5.17. The normalized spacial score (nSPS) is 18.0. The summed E-state index contributed by atoms with van der Waals surface area (Å²) in [5.74, 6) is 0. The lowest BCUT2D eigenvalue weighted by Gasteiger charge is -2.21. The maximum atomic E-state index is 5.94. The first-order valence-corrected chi connectivity index (χ1v) is 6.24. The second-order valence-electron chi connectivity index (χ2n) is 3.52. The lowest BCUT2D eigenvalue weighted by Crippen LogP contribution is -2.17. The van der Waals surface area contributed by atoms with Gasteiger partial charge in [0.05, 0.1) is 0 Å². The molecule has 1 fully saturated rings. The molecular formula is C10H13ClN2OS. The Labute approximate surface area is 98.6 Å². The smallest absolute Gasteiger partial charge is 0.136 e. The Balaban J connectivity index is 2.06. The van der Waals surface area contributed by atoms with Crippen molar-refractivity contribution >= 4 is 23.4 Å². The van der Waals surface area contributed by atoms with Crippen LogP contribution in [0.2, 0.25) is 5.15 Å². The van der Waals surface area contributed by atoms with Gasteiger partial charge >= 0.3 is 0 Å². The molecule has 0 aromatic carbocycles. The molecular weight excluding hydrogens is 232 g/mol. The van der Waals surface area contributed by atoms with Gasteiger partial charge in [-0.25, -0.2) is 9.97 Å². The molecule has 2 rings (SSSR count). The summed E-state index contributed by atoms with van der Waals surface area (Å²) in [6.07, 6.45) is 3.70. The molecule has 1 aromatic rings. The Morgan fingerprint density at radius 3 is 2.87 bits per heavy atom. The highest BCUT2D eigenvalue weighted by atomic mass is 35.5. The van der Waals surface area contributed by atoms with Crippen molar-refractivity contribution in [1.82, 2.24) is 9.97 Å². The summed E-state index contributed by atoms with van der Waals surface area (Å²) in [6, 6.07) is 0. The van der Waals surface area contributed by atoms with Gasteiger partial charge in [0.15, 0.2) is 0 Å². The number of hydrogen-bond acceptors (Lipinski definition) is 4. The summed E-state index contributed by atoms with van der Waals surface area (Å²) in [5, 5.41) is 2.16. The zero-order valence-electron chi connectivity index (χ0n) is 8.57. The Bertz CT molecular complexity index is 342. The average molecular weight is 245 g/mol. The molecule has 1 saturated heterocycles. The highest BCUT2D eigenvalue weighted by Gasteiger charge is 2.17. The molecule has 3 nitrogen and oxygen atoms in total. The van der Waals surface area contributed by atoms with Crippen molar-refractivity contribution in [2.45, 2.75) is 30.0 Å². The van der Waals surface area contributed by atoms with E-state index in [1.807, 2.05) is 6.92 Å². The zero-order chi connectivity index (χ0) is 10.7. The fourth-order valence-corrected chi connectivity index (χ4v) is 2.80. The van der Waals surface area contributed by atoms with Crippen LogP contribution in [-0.2, 0) is 4.74 Å². The Morgan fingerprint density at radius 1 is 1.40 bits per heavy atom. The molecule has 1 aliphatic rings. The summed E-state index contributed by atoms with van der Waals surface area (Å²) in [7, 11) is 0. The summed E-state index contributed by atoms with van der Waals surface area (Å²) < 4.78 is 5.32. The third-order valence-electron chi connectivity index (χ3n) is 2.42. The number of ether oxygens (including phenoxy) is 1. The Kier molecular flexibility index (Phi) is 3.83. The third kappa shape index (κ3) is 2.83. The van der Waals surface area contributed by atoms with Crippen LogP contribution < -0.4 is 0 Å². The first-order valence-electron chi connectivity index (χ1n) is 4.99. The fraction of sp³-hybridized carbons (Fsp3) is 0.600. The van der Waals surface area contributed by atoms with Gasteiger partial charge in [0.2, 0.25) is 0 Å². The molecule has 0 amide bonds. The number of thioether (sulfide) groups is 1. The molecule has 0 N–H and O–H groups in total. The van der Waals surface area contributed by atoms with Gasteiger partial charge in [0, 0.05) is 24.0 Å². The van der Waals surface area contributed by atoms with Crippen molar-refractivity contribution in [3.63, 3.8) is 0 Å². The van der Waals surface area contributed by atoms with Gasteiger partial charge in [0.1, 0.15) is 16.5 Å². The maximum absolute atomic E-state index is 5.94. The Hall–Kier alpha value is -0.320. The molecule has 1 aliphatic heterocycles. The average Bonchev–Trinajstić information content (AvgIpc) is 2.26. The lowest BCUT2D eigenvalue weighted by atomic mass is 10.2. The molecule has 2 heterocycles. The van der Waals surface area contributed by atoms with Crippen LogP contribution in [0.4, 0.5) is 0 Å². The van der Waals surface area contributed by atoms with Gasteiger partial charge in [-0.15, -0.1) is 11.8 Å². The molecule has 0 spiro atoms. The molecule has 0 aliphatic carbocycles. The highest BCUT2D eigenvalue weighted by molar-refractivity contribution is 7.99.